The van der Waals surface area contributed by atoms with Gasteiger partial charge in [-0.2, -0.15) is 4.98 Å². The lowest BCUT2D eigenvalue weighted by Gasteiger charge is -2.15. The van der Waals surface area contributed by atoms with Crippen molar-refractivity contribution in [3.05, 3.63) is 11.2 Å². The fraction of sp³-hybridized carbons (Fsp3) is 0.556. The zero-order chi connectivity index (χ0) is 12.8. The monoisotopic (exact) mass is 277 g/mol. The molecule has 2 unspecified atom stereocenters. The molecule has 0 radical (unpaired) electrons. The molecule has 96 valence electrons. The molecule has 1 aromatic heterocycles. The van der Waals surface area contributed by atoms with Crippen molar-refractivity contribution in [2.75, 3.05) is 22.8 Å². The highest BCUT2D eigenvalue weighted by molar-refractivity contribution is 7.84. The Bertz CT molecular complexity index is 403. The molecular weight excluding hydrogens is 262 g/mol. The summed E-state index contributed by atoms with van der Waals surface area (Å²) in [7, 11) is -0.794. The molecule has 8 heteroatoms. The van der Waals surface area contributed by atoms with Crippen molar-refractivity contribution in [1.29, 1.82) is 0 Å². The number of nitrogens with zero attached hydrogens (tertiary/aromatic N) is 2. The third-order valence-corrected chi connectivity index (χ3v) is 3.18. The van der Waals surface area contributed by atoms with E-state index in [1.807, 2.05) is 6.92 Å². The van der Waals surface area contributed by atoms with Gasteiger partial charge in [-0.05, 0) is 13.3 Å². The Kier molecular flexibility index (Phi) is 5.60. The van der Waals surface area contributed by atoms with Gasteiger partial charge in [0.1, 0.15) is 5.02 Å². The summed E-state index contributed by atoms with van der Waals surface area (Å²) in [5.74, 6) is 6.66. The van der Waals surface area contributed by atoms with Gasteiger partial charge < -0.3 is 5.32 Å². The maximum atomic E-state index is 11.0. The van der Waals surface area contributed by atoms with Crippen molar-refractivity contribution < 1.29 is 4.21 Å². The van der Waals surface area contributed by atoms with E-state index in [9.17, 15) is 4.21 Å². The lowest BCUT2D eigenvalue weighted by molar-refractivity contribution is 0.678. The molecule has 1 heterocycles. The highest BCUT2D eigenvalue weighted by Gasteiger charge is 2.09. The molecule has 0 amide bonds. The topological polar surface area (TPSA) is 92.9 Å². The first kappa shape index (κ1) is 14.1. The molecule has 1 aromatic rings. The van der Waals surface area contributed by atoms with E-state index in [1.165, 1.54) is 6.20 Å². The second kappa shape index (κ2) is 6.73. The number of anilines is 2. The molecule has 0 bridgehead atoms. The number of aromatic nitrogens is 2. The quantitative estimate of drug-likeness (QED) is 0.530. The zero-order valence-corrected chi connectivity index (χ0v) is 11.3. The predicted octanol–water partition coefficient (Wildman–Crippen LogP) is 0.985. The van der Waals surface area contributed by atoms with Crippen LogP contribution in [0, 0.1) is 0 Å². The lowest BCUT2D eigenvalue weighted by Crippen LogP contribution is -2.20. The van der Waals surface area contributed by atoms with Crippen LogP contribution in [-0.4, -0.2) is 32.2 Å². The molecule has 6 nitrogen and oxygen atoms in total. The number of nitrogens with two attached hydrogens (primary N) is 1. The standard InChI is InChI=1S/C9H16ClN5OS/c1-6(3-4-17(2)16)13-8-7(10)5-12-9(14-8)15-11/h5-6H,3-4,11H2,1-2H3,(H2,12,13,14,15). The van der Waals surface area contributed by atoms with Crippen LogP contribution < -0.4 is 16.6 Å². The van der Waals surface area contributed by atoms with Gasteiger partial charge in [0.15, 0.2) is 5.82 Å². The number of halogens is 1. The maximum absolute atomic E-state index is 11.0. The molecular formula is C9H16ClN5OS. The SMILES string of the molecule is CC(CCS(C)=O)Nc1nc(NN)ncc1Cl. The molecule has 4 N–H and O–H groups in total. The average molecular weight is 278 g/mol. The molecule has 1 rings (SSSR count). The van der Waals surface area contributed by atoms with E-state index >= 15 is 0 Å². The third kappa shape index (κ3) is 4.84. The minimum atomic E-state index is -0.794. The van der Waals surface area contributed by atoms with Crippen molar-refractivity contribution in [3.8, 4) is 0 Å². The number of nitrogens with one attached hydrogen (secondary N) is 2. The summed E-state index contributed by atoms with van der Waals surface area (Å²) >= 11 is 5.94. The van der Waals surface area contributed by atoms with Crippen molar-refractivity contribution in [2.45, 2.75) is 19.4 Å². The van der Waals surface area contributed by atoms with Crippen molar-refractivity contribution in [1.82, 2.24) is 9.97 Å². The second-order valence-electron chi connectivity index (χ2n) is 3.65. The summed E-state index contributed by atoms with van der Waals surface area (Å²) in [4.78, 5) is 7.96. The average Bonchev–Trinajstić information content (AvgIpc) is 2.29. The number of rotatable bonds is 6. The fourth-order valence-electron chi connectivity index (χ4n) is 1.19. The van der Waals surface area contributed by atoms with Crippen LogP contribution in [0.3, 0.4) is 0 Å². The Labute approximate surface area is 108 Å². The first-order valence-electron chi connectivity index (χ1n) is 5.08. The summed E-state index contributed by atoms with van der Waals surface area (Å²) in [5, 5.41) is 3.55. The van der Waals surface area contributed by atoms with Crippen LogP contribution in [0.1, 0.15) is 13.3 Å². The number of hydrazine groups is 1. The summed E-state index contributed by atoms with van der Waals surface area (Å²) in [6, 6.07) is 0.122. The lowest BCUT2D eigenvalue weighted by atomic mass is 10.2. The minimum absolute atomic E-state index is 0.122. The van der Waals surface area contributed by atoms with Gasteiger partial charge in [0.25, 0.3) is 0 Å². The van der Waals surface area contributed by atoms with Crippen LogP contribution in [0.4, 0.5) is 11.8 Å². The normalized spacial score (nSPS) is 14.1. The van der Waals surface area contributed by atoms with Gasteiger partial charge in [0.05, 0.1) is 6.20 Å². The van der Waals surface area contributed by atoms with Gasteiger partial charge in [0.2, 0.25) is 5.95 Å². The molecule has 2 atom stereocenters. The van der Waals surface area contributed by atoms with Gasteiger partial charge in [-0.15, -0.1) is 0 Å². The number of nitrogen functional groups attached to an aromatic ring is 1. The first-order valence-corrected chi connectivity index (χ1v) is 7.19. The Morgan fingerprint density at radius 3 is 2.94 bits per heavy atom. The highest BCUT2D eigenvalue weighted by atomic mass is 35.5. The molecule has 0 aliphatic heterocycles. The van der Waals surface area contributed by atoms with Crippen LogP contribution in [0.2, 0.25) is 5.02 Å². The van der Waals surface area contributed by atoms with Crippen LogP contribution >= 0.6 is 11.6 Å². The van der Waals surface area contributed by atoms with Crippen LogP contribution in [0.5, 0.6) is 0 Å². The predicted molar refractivity (Wildman–Crippen MR) is 71.5 cm³/mol. The fourth-order valence-corrected chi connectivity index (χ4v) is 2.02. The van der Waals surface area contributed by atoms with E-state index < -0.39 is 10.8 Å². The van der Waals surface area contributed by atoms with E-state index in [-0.39, 0.29) is 6.04 Å². The smallest absolute Gasteiger partial charge is 0.239 e. The van der Waals surface area contributed by atoms with Crippen LogP contribution in [0.25, 0.3) is 0 Å². The van der Waals surface area contributed by atoms with E-state index in [2.05, 4.69) is 20.7 Å². The van der Waals surface area contributed by atoms with Crippen LogP contribution in [-0.2, 0) is 10.8 Å². The van der Waals surface area contributed by atoms with Gasteiger partial charge in [-0.25, -0.2) is 10.8 Å². The summed E-state index contributed by atoms with van der Waals surface area (Å²) < 4.78 is 11.0. The van der Waals surface area contributed by atoms with Gasteiger partial charge in [0, 0.05) is 28.9 Å². The Morgan fingerprint density at radius 1 is 1.65 bits per heavy atom. The van der Waals surface area contributed by atoms with E-state index in [0.29, 0.717) is 22.5 Å². The Morgan fingerprint density at radius 2 is 2.35 bits per heavy atom. The van der Waals surface area contributed by atoms with E-state index in [1.54, 1.807) is 6.26 Å². The maximum Gasteiger partial charge on any atom is 0.239 e. The minimum Gasteiger partial charge on any atom is -0.366 e. The molecule has 0 fully saturated rings. The number of hydrogen-bond donors (Lipinski definition) is 3. The molecule has 0 aliphatic rings. The van der Waals surface area contributed by atoms with Gasteiger partial charge >= 0.3 is 0 Å². The van der Waals surface area contributed by atoms with Crippen molar-refractivity contribution in [2.24, 2.45) is 5.84 Å². The molecule has 0 spiro atoms. The molecule has 0 aromatic carbocycles. The Hall–Kier alpha value is -0.920. The molecule has 0 saturated carbocycles. The third-order valence-electron chi connectivity index (χ3n) is 2.09. The van der Waals surface area contributed by atoms with Crippen molar-refractivity contribution in [3.63, 3.8) is 0 Å². The summed E-state index contributed by atoms with van der Waals surface area (Å²) in [5.41, 5.74) is 2.35. The van der Waals surface area contributed by atoms with Crippen molar-refractivity contribution >= 4 is 34.2 Å². The summed E-state index contributed by atoms with van der Waals surface area (Å²) in [6.45, 7) is 1.97. The van der Waals surface area contributed by atoms with Crippen LogP contribution in [0.15, 0.2) is 6.20 Å². The molecule has 17 heavy (non-hydrogen) atoms. The van der Waals surface area contributed by atoms with E-state index in [0.717, 1.165) is 6.42 Å². The summed E-state index contributed by atoms with van der Waals surface area (Å²) in [6.07, 6.45) is 3.92. The van der Waals surface area contributed by atoms with Gasteiger partial charge in [-0.3, -0.25) is 9.63 Å². The zero-order valence-electron chi connectivity index (χ0n) is 9.74. The Balaban J connectivity index is 2.63. The molecule has 0 saturated heterocycles. The highest BCUT2D eigenvalue weighted by Crippen LogP contribution is 2.20. The first-order chi connectivity index (χ1) is 8.02. The largest absolute Gasteiger partial charge is 0.366 e. The second-order valence-corrected chi connectivity index (χ2v) is 5.61. The van der Waals surface area contributed by atoms with Gasteiger partial charge in [-0.1, -0.05) is 11.6 Å². The number of hydrogen-bond acceptors (Lipinski definition) is 6. The molecule has 0 aliphatic carbocycles. The van der Waals surface area contributed by atoms with E-state index in [4.69, 9.17) is 17.4 Å².